The number of benzene rings is 2. The van der Waals surface area contributed by atoms with Crippen molar-refractivity contribution >= 4 is 15.7 Å². The van der Waals surface area contributed by atoms with Gasteiger partial charge < -0.3 is 0 Å². The van der Waals surface area contributed by atoms with Crippen LogP contribution >= 0.6 is 0 Å². The second kappa shape index (κ2) is 5.17. The van der Waals surface area contributed by atoms with Gasteiger partial charge in [0.05, 0.1) is 10.6 Å². The van der Waals surface area contributed by atoms with E-state index in [0.717, 1.165) is 5.56 Å². The van der Waals surface area contributed by atoms with Crippen LogP contribution < -0.4 is 4.72 Å². The molecule has 0 fully saturated rings. The summed E-state index contributed by atoms with van der Waals surface area (Å²) in [5.41, 5.74) is 2.09. The largest absolute Gasteiger partial charge is 0.280 e. The van der Waals surface area contributed by atoms with Gasteiger partial charge in [0.1, 0.15) is 0 Å². The highest BCUT2D eigenvalue weighted by atomic mass is 32.2. The number of hydrogen-bond donors (Lipinski definition) is 1. The molecule has 2 aromatic rings. The van der Waals surface area contributed by atoms with Gasteiger partial charge >= 0.3 is 0 Å². The molecule has 96 valence electrons. The fourth-order valence-corrected chi connectivity index (χ4v) is 2.65. The van der Waals surface area contributed by atoms with Crippen LogP contribution in [-0.2, 0) is 10.0 Å². The molecule has 0 unspecified atom stereocenters. The van der Waals surface area contributed by atoms with Crippen LogP contribution in [0.5, 0.6) is 0 Å². The Hall–Kier alpha value is -2.25. The lowest BCUT2D eigenvalue weighted by molar-refractivity contribution is 0.601. The predicted octanol–water partition coefficient (Wildman–Crippen LogP) is 2.78. The molecular weight excluding hydrogens is 258 g/mol. The van der Waals surface area contributed by atoms with E-state index < -0.39 is 10.0 Å². The van der Waals surface area contributed by atoms with Gasteiger partial charge in [-0.05, 0) is 37.3 Å². The van der Waals surface area contributed by atoms with Crippen LogP contribution in [0.2, 0.25) is 0 Å². The van der Waals surface area contributed by atoms with Crippen molar-refractivity contribution in [2.75, 3.05) is 4.72 Å². The van der Waals surface area contributed by atoms with Crippen LogP contribution in [0.3, 0.4) is 0 Å². The quantitative estimate of drug-likeness (QED) is 0.872. The van der Waals surface area contributed by atoms with Gasteiger partial charge in [-0.3, -0.25) is 4.72 Å². The number of sulfonamides is 1. The maximum Gasteiger partial charge on any atom is 0.261 e. The number of nitrogens with one attached hydrogen (secondary N) is 1. The summed E-state index contributed by atoms with van der Waals surface area (Å²) in [5.74, 6) is 2.47. The molecule has 3 nitrogen and oxygen atoms in total. The SMILES string of the molecule is C#Cc1cccc(NS(=O)(=O)c2ccc(C)cc2)c1. The normalized spacial score (nSPS) is 10.7. The molecule has 19 heavy (non-hydrogen) atoms. The van der Waals surface area contributed by atoms with E-state index in [1.54, 1.807) is 48.5 Å². The Balaban J connectivity index is 2.31. The second-order valence-corrected chi connectivity index (χ2v) is 5.83. The summed E-state index contributed by atoms with van der Waals surface area (Å²) in [7, 11) is -3.57. The lowest BCUT2D eigenvalue weighted by atomic mass is 10.2. The first-order valence-corrected chi connectivity index (χ1v) is 7.16. The minimum atomic E-state index is -3.57. The maximum atomic E-state index is 12.1. The zero-order valence-corrected chi connectivity index (χ0v) is 11.2. The van der Waals surface area contributed by atoms with Gasteiger partial charge in [0.25, 0.3) is 10.0 Å². The van der Waals surface area contributed by atoms with Gasteiger partial charge in [-0.2, -0.15) is 0 Å². The van der Waals surface area contributed by atoms with Gasteiger partial charge in [0.15, 0.2) is 0 Å². The molecule has 0 aromatic heterocycles. The number of terminal acetylenes is 1. The van der Waals surface area contributed by atoms with Crippen LogP contribution in [0.1, 0.15) is 11.1 Å². The second-order valence-electron chi connectivity index (χ2n) is 4.14. The molecule has 0 saturated carbocycles. The number of aryl methyl sites for hydroxylation is 1. The predicted molar refractivity (Wildman–Crippen MR) is 76.4 cm³/mol. The summed E-state index contributed by atoms with van der Waals surface area (Å²) < 4.78 is 26.8. The van der Waals surface area contributed by atoms with Gasteiger partial charge in [-0.1, -0.05) is 29.7 Å². The Bertz CT molecular complexity index is 725. The molecule has 0 spiro atoms. The van der Waals surface area contributed by atoms with E-state index in [1.165, 1.54) is 0 Å². The monoisotopic (exact) mass is 271 g/mol. The Morgan fingerprint density at radius 1 is 1.11 bits per heavy atom. The average Bonchev–Trinajstić information content (AvgIpc) is 2.39. The standard InChI is InChI=1S/C15H13NO2S/c1-3-13-5-4-6-14(11-13)16-19(17,18)15-9-7-12(2)8-10-15/h1,4-11,16H,2H3. The summed E-state index contributed by atoms with van der Waals surface area (Å²) in [6.45, 7) is 1.90. The van der Waals surface area contributed by atoms with E-state index in [4.69, 9.17) is 6.42 Å². The molecule has 0 saturated heterocycles. The Kier molecular flexibility index (Phi) is 3.59. The van der Waals surface area contributed by atoms with Crippen molar-refractivity contribution in [3.8, 4) is 12.3 Å². The van der Waals surface area contributed by atoms with Crippen LogP contribution in [0.25, 0.3) is 0 Å². The maximum absolute atomic E-state index is 12.1. The van der Waals surface area contributed by atoms with Crippen LogP contribution in [0, 0.1) is 19.3 Å². The van der Waals surface area contributed by atoms with Crippen molar-refractivity contribution in [3.05, 3.63) is 59.7 Å². The third-order valence-electron chi connectivity index (χ3n) is 2.61. The van der Waals surface area contributed by atoms with E-state index in [0.29, 0.717) is 11.3 Å². The Morgan fingerprint density at radius 2 is 1.79 bits per heavy atom. The fourth-order valence-electron chi connectivity index (χ4n) is 1.60. The molecule has 0 amide bonds. The lowest BCUT2D eigenvalue weighted by Crippen LogP contribution is -2.12. The van der Waals surface area contributed by atoms with Crippen LogP contribution in [-0.4, -0.2) is 8.42 Å². The summed E-state index contributed by atoms with van der Waals surface area (Å²) in [6, 6.07) is 13.4. The third-order valence-corrected chi connectivity index (χ3v) is 4.01. The van der Waals surface area contributed by atoms with E-state index >= 15 is 0 Å². The average molecular weight is 271 g/mol. The molecule has 0 atom stereocenters. The number of hydrogen-bond acceptors (Lipinski definition) is 2. The van der Waals surface area contributed by atoms with Crippen molar-refractivity contribution in [2.45, 2.75) is 11.8 Å². The minimum Gasteiger partial charge on any atom is -0.280 e. The van der Waals surface area contributed by atoms with Crippen molar-refractivity contribution in [1.82, 2.24) is 0 Å². The molecule has 0 aliphatic rings. The van der Waals surface area contributed by atoms with Gasteiger partial charge in [0.2, 0.25) is 0 Å². The molecule has 0 heterocycles. The van der Waals surface area contributed by atoms with E-state index in [-0.39, 0.29) is 4.90 Å². The highest BCUT2D eigenvalue weighted by Gasteiger charge is 2.13. The highest BCUT2D eigenvalue weighted by Crippen LogP contribution is 2.17. The Labute approximate surface area is 113 Å². The highest BCUT2D eigenvalue weighted by molar-refractivity contribution is 7.92. The third kappa shape index (κ3) is 3.15. The van der Waals surface area contributed by atoms with Gasteiger partial charge in [-0.15, -0.1) is 6.42 Å². The van der Waals surface area contributed by atoms with Gasteiger partial charge in [0, 0.05) is 5.56 Å². The summed E-state index contributed by atoms with van der Waals surface area (Å²) >= 11 is 0. The first kappa shape index (κ1) is 13.2. The summed E-state index contributed by atoms with van der Waals surface area (Å²) in [5, 5.41) is 0. The molecule has 0 radical (unpaired) electrons. The Morgan fingerprint density at radius 3 is 2.42 bits per heavy atom. The van der Waals surface area contributed by atoms with E-state index in [2.05, 4.69) is 10.6 Å². The molecule has 4 heteroatoms. The smallest absolute Gasteiger partial charge is 0.261 e. The first-order valence-electron chi connectivity index (χ1n) is 5.67. The topological polar surface area (TPSA) is 46.2 Å². The van der Waals surface area contributed by atoms with Crippen molar-refractivity contribution in [1.29, 1.82) is 0 Å². The van der Waals surface area contributed by atoms with E-state index in [9.17, 15) is 8.42 Å². The zero-order valence-electron chi connectivity index (χ0n) is 10.4. The van der Waals surface area contributed by atoms with Crippen molar-refractivity contribution in [3.63, 3.8) is 0 Å². The molecule has 0 bridgehead atoms. The summed E-state index contributed by atoms with van der Waals surface area (Å²) in [6.07, 6.45) is 5.28. The minimum absolute atomic E-state index is 0.226. The number of rotatable bonds is 3. The first-order chi connectivity index (χ1) is 9.01. The fraction of sp³-hybridized carbons (Fsp3) is 0.0667. The number of anilines is 1. The molecule has 0 aliphatic carbocycles. The zero-order chi connectivity index (χ0) is 13.9. The summed E-state index contributed by atoms with van der Waals surface area (Å²) in [4.78, 5) is 0.226. The molecular formula is C15H13NO2S. The van der Waals surface area contributed by atoms with Crippen molar-refractivity contribution < 1.29 is 8.42 Å². The molecule has 2 aromatic carbocycles. The lowest BCUT2D eigenvalue weighted by Gasteiger charge is -2.08. The molecule has 2 rings (SSSR count). The molecule has 1 N–H and O–H groups in total. The van der Waals surface area contributed by atoms with Crippen molar-refractivity contribution in [2.24, 2.45) is 0 Å². The van der Waals surface area contributed by atoms with E-state index in [1.807, 2.05) is 6.92 Å². The van der Waals surface area contributed by atoms with Gasteiger partial charge in [-0.25, -0.2) is 8.42 Å². The van der Waals surface area contributed by atoms with Crippen LogP contribution in [0.15, 0.2) is 53.4 Å². The van der Waals surface area contributed by atoms with Crippen LogP contribution in [0.4, 0.5) is 5.69 Å². The molecule has 0 aliphatic heterocycles.